The average Bonchev–Trinajstić information content (AvgIpc) is 3.29. The number of hydrogen-bond acceptors (Lipinski definition) is 5. The van der Waals surface area contributed by atoms with E-state index in [9.17, 15) is 14.7 Å². The van der Waals surface area contributed by atoms with Gasteiger partial charge in [0.05, 0.1) is 33.1 Å². The van der Waals surface area contributed by atoms with Crippen molar-refractivity contribution in [1.82, 2.24) is 19.7 Å². The molecule has 7 nitrogen and oxygen atoms in total. The number of likely N-dealkylation sites (tertiary alicyclic amines) is 1. The molecule has 0 spiro atoms. The van der Waals surface area contributed by atoms with Crippen molar-refractivity contribution in [1.29, 1.82) is 0 Å². The lowest BCUT2D eigenvalue weighted by Gasteiger charge is -2.36. The fourth-order valence-electron chi connectivity index (χ4n) is 3.91. The number of carbonyl (C=O) groups is 2. The Kier molecular flexibility index (Phi) is 4.66. The van der Waals surface area contributed by atoms with Crippen molar-refractivity contribution >= 4 is 34.2 Å². The summed E-state index contributed by atoms with van der Waals surface area (Å²) >= 11 is 1.56. The van der Waals surface area contributed by atoms with Crippen molar-refractivity contribution in [3.63, 3.8) is 0 Å². The van der Waals surface area contributed by atoms with Crippen LogP contribution in [-0.4, -0.2) is 49.2 Å². The minimum Gasteiger partial charge on any atom is -0.481 e. The largest absolute Gasteiger partial charge is 0.481 e. The highest BCUT2D eigenvalue weighted by Crippen LogP contribution is 2.32. The number of carboxylic acid groups (broad SMARTS) is 1. The normalized spacial score (nSPS) is 19.9. The van der Waals surface area contributed by atoms with E-state index in [1.54, 1.807) is 20.9 Å². The predicted octanol–water partition coefficient (Wildman–Crippen LogP) is 3.33. The Balaban J connectivity index is 1.84. The van der Waals surface area contributed by atoms with Crippen LogP contribution in [0.1, 0.15) is 35.8 Å². The SMILES string of the molecule is Cc1nn(C)c2nc(-c3cccs3)cc(C(=O)N3CC(C(=O)O)CCC3C)c12. The van der Waals surface area contributed by atoms with Gasteiger partial charge in [-0.3, -0.25) is 14.3 Å². The molecule has 2 atom stereocenters. The molecule has 1 N–H and O–H groups in total. The Bertz CT molecular complexity index is 1060. The van der Waals surface area contributed by atoms with E-state index >= 15 is 0 Å². The molecular formula is C20H22N4O3S. The first-order valence-electron chi connectivity index (χ1n) is 9.28. The minimum atomic E-state index is -0.846. The number of rotatable bonds is 3. The van der Waals surface area contributed by atoms with Gasteiger partial charge in [0.15, 0.2) is 5.65 Å². The summed E-state index contributed by atoms with van der Waals surface area (Å²) in [7, 11) is 1.82. The summed E-state index contributed by atoms with van der Waals surface area (Å²) in [6.45, 7) is 4.07. The van der Waals surface area contributed by atoms with Gasteiger partial charge >= 0.3 is 5.97 Å². The third-order valence-corrected chi connectivity index (χ3v) is 6.36. The molecule has 8 heteroatoms. The molecule has 0 aliphatic carbocycles. The zero-order valence-corrected chi connectivity index (χ0v) is 16.9. The van der Waals surface area contributed by atoms with Crippen molar-refractivity contribution in [3.8, 4) is 10.6 Å². The highest BCUT2D eigenvalue weighted by Gasteiger charge is 2.34. The third kappa shape index (κ3) is 3.07. The number of carboxylic acids is 1. The van der Waals surface area contributed by atoms with Gasteiger partial charge < -0.3 is 10.0 Å². The van der Waals surface area contributed by atoms with E-state index in [2.05, 4.69) is 5.10 Å². The van der Waals surface area contributed by atoms with Gasteiger partial charge in [-0.15, -0.1) is 11.3 Å². The second-order valence-corrected chi connectivity index (χ2v) is 8.31. The quantitative estimate of drug-likeness (QED) is 0.731. The van der Waals surface area contributed by atoms with Gasteiger partial charge in [-0.25, -0.2) is 4.98 Å². The topological polar surface area (TPSA) is 88.3 Å². The van der Waals surface area contributed by atoms with E-state index < -0.39 is 11.9 Å². The highest BCUT2D eigenvalue weighted by atomic mass is 32.1. The lowest BCUT2D eigenvalue weighted by molar-refractivity contribution is -0.143. The molecule has 1 saturated heterocycles. The molecule has 1 amide bonds. The van der Waals surface area contributed by atoms with Crippen LogP contribution in [0.3, 0.4) is 0 Å². The monoisotopic (exact) mass is 398 g/mol. The number of thiophene rings is 1. The second kappa shape index (κ2) is 7.01. The van der Waals surface area contributed by atoms with E-state index in [-0.39, 0.29) is 18.5 Å². The first-order valence-corrected chi connectivity index (χ1v) is 10.2. The van der Waals surface area contributed by atoms with Crippen LogP contribution in [0.5, 0.6) is 0 Å². The van der Waals surface area contributed by atoms with Gasteiger partial charge in [-0.05, 0) is 44.2 Å². The Hall–Kier alpha value is -2.74. The Morgan fingerprint density at radius 2 is 2.11 bits per heavy atom. The average molecular weight is 398 g/mol. The number of aromatic nitrogens is 3. The molecular weight excluding hydrogens is 376 g/mol. The van der Waals surface area contributed by atoms with Gasteiger partial charge in [0.1, 0.15) is 0 Å². The van der Waals surface area contributed by atoms with Crippen LogP contribution in [0, 0.1) is 12.8 Å². The molecule has 3 aromatic rings. The molecule has 1 fully saturated rings. The number of aryl methyl sites for hydroxylation is 2. The molecule has 0 saturated carbocycles. The summed E-state index contributed by atoms with van der Waals surface area (Å²) in [6.07, 6.45) is 1.28. The Morgan fingerprint density at radius 3 is 2.79 bits per heavy atom. The maximum Gasteiger partial charge on any atom is 0.308 e. The summed E-state index contributed by atoms with van der Waals surface area (Å²) in [6, 6.07) is 5.74. The van der Waals surface area contributed by atoms with E-state index in [1.807, 2.05) is 44.5 Å². The minimum absolute atomic E-state index is 0.00604. The van der Waals surface area contributed by atoms with Crippen molar-refractivity contribution in [2.24, 2.45) is 13.0 Å². The molecule has 146 valence electrons. The van der Waals surface area contributed by atoms with Gasteiger partial charge in [-0.2, -0.15) is 5.10 Å². The number of amides is 1. The van der Waals surface area contributed by atoms with Crippen LogP contribution in [0.25, 0.3) is 21.6 Å². The van der Waals surface area contributed by atoms with Crippen LogP contribution < -0.4 is 0 Å². The summed E-state index contributed by atoms with van der Waals surface area (Å²) in [5.41, 5.74) is 2.67. The maximum atomic E-state index is 13.5. The van der Waals surface area contributed by atoms with E-state index in [0.29, 0.717) is 24.1 Å². The third-order valence-electron chi connectivity index (χ3n) is 5.46. The van der Waals surface area contributed by atoms with Crippen LogP contribution >= 0.6 is 11.3 Å². The number of carbonyl (C=O) groups excluding carboxylic acids is 1. The number of aliphatic carboxylic acids is 1. The van der Waals surface area contributed by atoms with Crippen LogP contribution in [0.15, 0.2) is 23.6 Å². The van der Waals surface area contributed by atoms with Gasteiger partial charge in [0, 0.05) is 19.6 Å². The number of pyridine rings is 1. The molecule has 0 aromatic carbocycles. The number of hydrogen-bond donors (Lipinski definition) is 1. The van der Waals surface area contributed by atoms with E-state index in [1.165, 1.54) is 0 Å². The molecule has 28 heavy (non-hydrogen) atoms. The molecule has 1 aliphatic heterocycles. The van der Waals surface area contributed by atoms with Crippen molar-refractivity contribution < 1.29 is 14.7 Å². The number of fused-ring (bicyclic) bond motifs is 1. The van der Waals surface area contributed by atoms with E-state index in [4.69, 9.17) is 4.98 Å². The molecule has 2 unspecified atom stereocenters. The standard InChI is InChI=1S/C20H22N4O3S/c1-11-6-7-13(20(26)27)10-24(11)19(25)14-9-15(16-5-4-8-28-16)21-18-17(14)12(2)22-23(18)3/h4-5,8-9,11,13H,6-7,10H2,1-3H3,(H,26,27). The number of nitrogens with zero attached hydrogens (tertiary/aromatic N) is 4. The second-order valence-electron chi connectivity index (χ2n) is 7.36. The molecule has 1 aliphatic rings. The van der Waals surface area contributed by atoms with Crippen molar-refractivity contribution in [2.45, 2.75) is 32.7 Å². The zero-order valence-electron chi connectivity index (χ0n) is 16.0. The van der Waals surface area contributed by atoms with Crippen molar-refractivity contribution in [3.05, 3.63) is 34.8 Å². The molecule has 0 bridgehead atoms. The fourth-order valence-corrected chi connectivity index (χ4v) is 4.60. The maximum absolute atomic E-state index is 13.5. The smallest absolute Gasteiger partial charge is 0.308 e. The molecule has 0 radical (unpaired) electrons. The summed E-state index contributed by atoms with van der Waals surface area (Å²) in [4.78, 5) is 32.4. The summed E-state index contributed by atoms with van der Waals surface area (Å²) in [5, 5.41) is 16.6. The zero-order chi connectivity index (χ0) is 20.0. The first-order chi connectivity index (χ1) is 13.4. The van der Waals surface area contributed by atoms with Crippen LogP contribution in [0.2, 0.25) is 0 Å². The van der Waals surface area contributed by atoms with Gasteiger partial charge in [0.2, 0.25) is 0 Å². The van der Waals surface area contributed by atoms with E-state index in [0.717, 1.165) is 21.7 Å². The highest BCUT2D eigenvalue weighted by molar-refractivity contribution is 7.13. The predicted molar refractivity (Wildman–Crippen MR) is 107 cm³/mol. The van der Waals surface area contributed by atoms with Crippen LogP contribution in [-0.2, 0) is 11.8 Å². The summed E-state index contributed by atoms with van der Waals surface area (Å²) < 4.78 is 1.69. The molecule has 4 heterocycles. The first kappa shape index (κ1) is 18.6. The lowest BCUT2D eigenvalue weighted by atomic mass is 9.92. The number of piperidine rings is 1. The van der Waals surface area contributed by atoms with Crippen molar-refractivity contribution in [2.75, 3.05) is 6.54 Å². The molecule has 4 rings (SSSR count). The van der Waals surface area contributed by atoms with Gasteiger partial charge in [0.25, 0.3) is 5.91 Å². The molecule has 3 aromatic heterocycles. The fraction of sp³-hybridized carbons (Fsp3) is 0.400. The van der Waals surface area contributed by atoms with Crippen LogP contribution in [0.4, 0.5) is 0 Å². The Labute approximate surface area is 166 Å². The summed E-state index contributed by atoms with van der Waals surface area (Å²) in [5.74, 6) is -1.52. The lowest BCUT2D eigenvalue weighted by Crippen LogP contribution is -2.47. The Morgan fingerprint density at radius 1 is 1.32 bits per heavy atom. The van der Waals surface area contributed by atoms with Gasteiger partial charge in [-0.1, -0.05) is 6.07 Å².